The van der Waals surface area contributed by atoms with Crippen LogP contribution >= 0.6 is 11.3 Å². The van der Waals surface area contributed by atoms with Gasteiger partial charge in [0.2, 0.25) is 0 Å². The van der Waals surface area contributed by atoms with Crippen molar-refractivity contribution in [2.45, 2.75) is 6.92 Å². The number of methoxy groups -OCH3 is 2. The Hall–Kier alpha value is -2.01. The van der Waals surface area contributed by atoms with Gasteiger partial charge >= 0.3 is 0 Å². The molecule has 1 amide bonds. The van der Waals surface area contributed by atoms with E-state index in [1.165, 1.54) is 11.3 Å². The molecule has 19 heavy (non-hydrogen) atoms. The Bertz CT molecular complexity index is 579. The van der Waals surface area contributed by atoms with Crippen LogP contribution in [0, 0.1) is 6.92 Å². The number of carbonyl (C=O) groups excluding carboxylic acids is 1. The fourth-order valence-electron chi connectivity index (χ4n) is 1.85. The number of ether oxygens (including phenoxy) is 2. The van der Waals surface area contributed by atoms with Crippen LogP contribution in [0.15, 0.2) is 29.6 Å². The van der Waals surface area contributed by atoms with Crippen molar-refractivity contribution in [3.05, 3.63) is 40.1 Å². The fourth-order valence-corrected chi connectivity index (χ4v) is 2.47. The van der Waals surface area contributed by atoms with Crippen molar-refractivity contribution in [2.24, 2.45) is 0 Å². The van der Waals surface area contributed by atoms with Gasteiger partial charge in [0.05, 0.1) is 24.8 Å². The van der Waals surface area contributed by atoms with E-state index >= 15 is 0 Å². The minimum Gasteiger partial charge on any atom is -0.496 e. The number of amides is 1. The first-order valence-corrected chi connectivity index (χ1v) is 6.61. The molecular weight excluding hydrogens is 262 g/mol. The van der Waals surface area contributed by atoms with Gasteiger partial charge in [0.25, 0.3) is 5.91 Å². The molecule has 1 aromatic carbocycles. The van der Waals surface area contributed by atoms with E-state index in [-0.39, 0.29) is 5.91 Å². The Morgan fingerprint density at radius 3 is 2.58 bits per heavy atom. The average molecular weight is 277 g/mol. The molecule has 5 heteroatoms. The van der Waals surface area contributed by atoms with E-state index < -0.39 is 0 Å². The SMILES string of the molecule is COc1ccc(NC(=O)c2cccs2)c(OC)c1C. The maximum Gasteiger partial charge on any atom is 0.265 e. The maximum absolute atomic E-state index is 12.0. The molecule has 0 atom stereocenters. The smallest absolute Gasteiger partial charge is 0.265 e. The van der Waals surface area contributed by atoms with Gasteiger partial charge in [-0.1, -0.05) is 6.07 Å². The first-order chi connectivity index (χ1) is 9.17. The van der Waals surface area contributed by atoms with Gasteiger partial charge in [-0.25, -0.2) is 0 Å². The zero-order valence-electron chi connectivity index (χ0n) is 11.0. The molecule has 0 aliphatic carbocycles. The quantitative estimate of drug-likeness (QED) is 0.932. The van der Waals surface area contributed by atoms with E-state index in [1.807, 2.05) is 24.4 Å². The highest BCUT2D eigenvalue weighted by Gasteiger charge is 2.14. The first-order valence-electron chi connectivity index (χ1n) is 5.73. The van der Waals surface area contributed by atoms with Gasteiger partial charge in [-0.15, -0.1) is 11.3 Å². The number of rotatable bonds is 4. The Kier molecular flexibility index (Phi) is 4.06. The van der Waals surface area contributed by atoms with Crippen molar-refractivity contribution in [3.8, 4) is 11.5 Å². The highest BCUT2D eigenvalue weighted by Crippen LogP contribution is 2.35. The zero-order valence-corrected chi connectivity index (χ0v) is 11.8. The summed E-state index contributed by atoms with van der Waals surface area (Å²) in [5.74, 6) is 1.20. The van der Waals surface area contributed by atoms with E-state index in [2.05, 4.69) is 5.32 Å². The zero-order chi connectivity index (χ0) is 13.8. The van der Waals surface area contributed by atoms with Gasteiger partial charge in [0, 0.05) is 5.56 Å². The van der Waals surface area contributed by atoms with E-state index in [0.29, 0.717) is 16.3 Å². The largest absolute Gasteiger partial charge is 0.496 e. The van der Waals surface area contributed by atoms with Crippen molar-refractivity contribution in [3.63, 3.8) is 0 Å². The molecule has 2 rings (SSSR count). The van der Waals surface area contributed by atoms with E-state index in [1.54, 1.807) is 26.4 Å². The van der Waals surface area contributed by atoms with Crippen LogP contribution in [0.5, 0.6) is 11.5 Å². The van der Waals surface area contributed by atoms with Crippen molar-refractivity contribution < 1.29 is 14.3 Å². The summed E-state index contributed by atoms with van der Waals surface area (Å²) in [5, 5.41) is 4.71. The lowest BCUT2D eigenvalue weighted by Gasteiger charge is -2.14. The van der Waals surface area contributed by atoms with Crippen LogP contribution in [-0.2, 0) is 0 Å². The van der Waals surface area contributed by atoms with Crippen molar-refractivity contribution in [1.29, 1.82) is 0 Å². The summed E-state index contributed by atoms with van der Waals surface area (Å²) in [7, 11) is 3.17. The van der Waals surface area contributed by atoms with Gasteiger partial charge in [-0.2, -0.15) is 0 Å². The van der Waals surface area contributed by atoms with E-state index in [9.17, 15) is 4.79 Å². The molecule has 0 unspecified atom stereocenters. The van der Waals surface area contributed by atoms with Crippen molar-refractivity contribution >= 4 is 22.9 Å². The Morgan fingerprint density at radius 2 is 2.00 bits per heavy atom. The first kappa shape index (κ1) is 13.4. The van der Waals surface area contributed by atoms with Crippen LogP contribution in [0.3, 0.4) is 0 Å². The highest BCUT2D eigenvalue weighted by atomic mass is 32.1. The van der Waals surface area contributed by atoms with Crippen LogP contribution in [0.1, 0.15) is 15.2 Å². The molecule has 0 radical (unpaired) electrons. The van der Waals surface area contributed by atoms with Gasteiger partial charge in [-0.05, 0) is 30.5 Å². The van der Waals surface area contributed by atoms with Crippen molar-refractivity contribution in [2.75, 3.05) is 19.5 Å². The second kappa shape index (κ2) is 5.75. The lowest BCUT2D eigenvalue weighted by atomic mass is 10.1. The topological polar surface area (TPSA) is 47.6 Å². The number of hydrogen-bond acceptors (Lipinski definition) is 4. The molecule has 0 aliphatic heterocycles. The third-order valence-corrected chi connectivity index (χ3v) is 3.64. The van der Waals surface area contributed by atoms with Crippen LogP contribution < -0.4 is 14.8 Å². The molecule has 2 aromatic rings. The molecule has 1 N–H and O–H groups in total. The standard InChI is InChI=1S/C14H15NO3S/c1-9-11(17-2)7-6-10(13(9)18-3)15-14(16)12-5-4-8-19-12/h4-8H,1-3H3,(H,15,16). The molecule has 0 spiro atoms. The van der Waals surface area contributed by atoms with Crippen molar-refractivity contribution in [1.82, 2.24) is 0 Å². The molecule has 1 aromatic heterocycles. The number of thiophene rings is 1. The molecule has 0 bridgehead atoms. The average Bonchev–Trinajstić information content (AvgIpc) is 2.93. The summed E-state index contributed by atoms with van der Waals surface area (Å²) in [6.07, 6.45) is 0. The summed E-state index contributed by atoms with van der Waals surface area (Å²) in [5.41, 5.74) is 1.49. The van der Waals surface area contributed by atoms with Gasteiger partial charge < -0.3 is 14.8 Å². The second-order valence-corrected chi connectivity index (χ2v) is 4.85. The summed E-state index contributed by atoms with van der Waals surface area (Å²) < 4.78 is 10.6. The molecule has 0 fully saturated rings. The van der Waals surface area contributed by atoms with E-state index in [0.717, 1.165) is 11.3 Å². The summed E-state index contributed by atoms with van der Waals surface area (Å²) in [6.45, 7) is 1.89. The lowest BCUT2D eigenvalue weighted by Crippen LogP contribution is -2.11. The van der Waals surface area contributed by atoms with Crippen LogP contribution in [0.2, 0.25) is 0 Å². The predicted molar refractivity (Wildman–Crippen MR) is 76.6 cm³/mol. The third kappa shape index (κ3) is 2.71. The monoisotopic (exact) mass is 277 g/mol. The maximum atomic E-state index is 12.0. The molecule has 100 valence electrons. The van der Waals surface area contributed by atoms with Gasteiger partial charge in [-0.3, -0.25) is 4.79 Å². The number of anilines is 1. The number of hydrogen-bond donors (Lipinski definition) is 1. The van der Waals surface area contributed by atoms with Crippen LogP contribution in [0.25, 0.3) is 0 Å². The minimum atomic E-state index is -0.141. The lowest BCUT2D eigenvalue weighted by molar-refractivity contribution is 0.103. The molecule has 1 heterocycles. The van der Waals surface area contributed by atoms with Gasteiger partial charge in [0.15, 0.2) is 0 Å². The summed E-state index contributed by atoms with van der Waals surface area (Å²) >= 11 is 1.40. The van der Waals surface area contributed by atoms with Crippen LogP contribution in [-0.4, -0.2) is 20.1 Å². The normalized spacial score (nSPS) is 10.1. The number of carbonyl (C=O) groups is 1. The minimum absolute atomic E-state index is 0.141. The van der Waals surface area contributed by atoms with Gasteiger partial charge in [0.1, 0.15) is 11.5 Å². The number of nitrogens with one attached hydrogen (secondary N) is 1. The second-order valence-electron chi connectivity index (χ2n) is 3.91. The Morgan fingerprint density at radius 1 is 1.21 bits per heavy atom. The fraction of sp³-hybridized carbons (Fsp3) is 0.214. The molecule has 4 nitrogen and oxygen atoms in total. The molecule has 0 aliphatic rings. The predicted octanol–water partition coefficient (Wildman–Crippen LogP) is 3.33. The van der Waals surface area contributed by atoms with E-state index in [4.69, 9.17) is 9.47 Å². The Balaban J connectivity index is 2.30. The third-order valence-electron chi connectivity index (χ3n) is 2.77. The molecule has 0 saturated carbocycles. The Labute approximate surface area is 116 Å². The van der Waals surface area contributed by atoms with Crippen LogP contribution in [0.4, 0.5) is 5.69 Å². The highest BCUT2D eigenvalue weighted by molar-refractivity contribution is 7.12. The molecular formula is C14H15NO3S. The number of benzene rings is 1. The molecule has 0 saturated heterocycles. The summed E-state index contributed by atoms with van der Waals surface area (Å²) in [4.78, 5) is 12.7. The summed E-state index contributed by atoms with van der Waals surface area (Å²) in [6, 6.07) is 7.21.